The van der Waals surface area contributed by atoms with Gasteiger partial charge in [0.1, 0.15) is 69.0 Å². The molecule has 14 N–H and O–H groups in total. The molecular weight excluding hydrogens is 993 g/mol. The van der Waals surface area contributed by atoms with E-state index in [9.17, 15) is 81.1 Å². The number of rotatable bonds is 13. The van der Waals surface area contributed by atoms with Gasteiger partial charge in [0, 0.05) is 36.1 Å². The summed E-state index contributed by atoms with van der Waals surface area (Å²) in [5.74, 6) is -2.47. The monoisotopic (exact) mass is 1050 g/mol. The fourth-order valence-electron chi connectivity index (χ4n) is 8.34. The number of aliphatic hydroxyl groups excluding tert-OH is 1. The molecule has 400 valence electrons. The van der Waals surface area contributed by atoms with Crippen LogP contribution >= 0.6 is 0 Å². The predicted molar refractivity (Wildman–Crippen MR) is 283 cm³/mol. The van der Waals surface area contributed by atoms with Crippen molar-refractivity contribution in [1.29, 1.82) is 0 Å². The van der Waals surface area contributed by atoms with Crippen molar-refractivity contribution in [3.63, 3.8) is 0 Å². The molecule has 8 aromatic rings. The van der Waals surface area contributed by atoms with Crippen molar-refractivity contribution in [2.24, 2.45) is 0 Å². The lowest BCUT2D eigenvalue weighted by atomic mass is 9.90. The number of phenols is 11. The number of fused-ring (bicyclic) bond motifs is 1. The summed E-state index contributed by atoms with van der Waals surface area (Å²) in [6.45, 7) is 0.534. The molecule has 9 rings (SSSR count). The molecule has 1 unspecified atom stereocenters. The van der Waals surface area contributed by atoms with Crippen LogP contribution in [0.1, 0.15) is 68.2 Å². The molecule has 4 atom stereocenters. The SMILES string of the molecule is O=C(O)C(Cc1ccc(O)cc1O)c1ccc(O)cc1.O=C(O)[C@@H](Cc1ccc(O)cc1O)c1ccc(O)cc1.OC[C@@H](Cc1ccc(O)cc1O)c1ccc(O)cc1.Oc1ccc([C@H]2COc3cc(O)ccc3C2)cc1. The smallest absolute Gasteiger partial charge is 0.311 e. The molecule has 0 fully saturated rings. The van der Waals surface area contributed by atoms with E-state index in [1.54, 1.807) is 54.6 Å². The summed E-state index contributed by atoms with van der Waals surface area (Å²) in [5.41, 5.74) is 5.73. The Labute approximate surface area is 442 Å². The highest BCUT2D eigenvalue weighted by Crippen LogP contribution is 2.36. The number of phenolic OH excluding ortho intramolecular Hbond substituents is 11. The van der Waals surface area contributed by atoms with E-state index in [0.29, 0.717) is 46.8 Å². The molecule has 8 aromatic carbocycles. The second kappa shape index (κ2) is 26.5. The van der Waals surface area contributed by atoms with Crippen molar-refractivity contribution in [3.05, 3.63) is 214 Å². The van der Waals surface area contributed by atoms with Gasteiger partial charge in [0.25, 0.3) is 0 Å². The molecule has 17 nitrogen and oxygen atoms in total. The minimum Gasteiger partial charge on any atom is -0.508 e. The third-order valence-electron chi connectivity index (χ3n) is 12.6. The Morgan fingerprint density at radius 1 is 0.416 bits per heavy atom. The minimum absolute atomic E-state index is 0.00596. The van der Waals surface area contributed by atoms with Gasteiger partial charge in [-0.1, -0.05) is 72.8 Å². The minimum atomic E-state index is -1.02. The Morgan fingerprint density at radius 3 is 1.13 bits per heavy atom. The lowest BCUT2D eigenvalue weighted by Gasteiger charge is -2.25. The standard InChI is InChI=1S/2C15H14O5.C15H16O4.C15H14O3/c2*16-11-4-1-9(2-5-11)13(15(19)20)7-10-3-6-12(17)8-14(10)18;16-9-12(10-1-4-13(17)5-2-10)7-11-3-6-14(18)8-15(11)19;16-13-4-1-10(2-5-13)12-7-11-3-6-14(17)8-15(11)18-9-12/h2*1-6,8,13,16-18H,7H2,(H,19,20);1-6,8,12,16-19H,7,9H2;1-6,8,12,16-17H,7,9H2/t13-;;2*12-/m0.11/s1. The molecule has 0 aliphatic carbocycles. The highest BCUT2D eigenvalue weighted by Gasteiger charge is 2.24. The summed E-state index contributed by atoms with van der Waals surface area (Å²) in [7, 11) is 0. The molecule has 0 saturated heterocycles. The number of carboxylic acids is 2. The van der Waals surface area contributed by atoms with E-state index in [1.807, 2.05) is 18.2 Å². The van der Waals surface area contributed by atoms with Crippen molar-refractivity contribution >= 4 is 11.9 Å². The highest BCUT2D eigenvalue weighted by atomic mass is 16.5. The molecule has 1 aliphatic rings. The molecule has 1 heterocycles. The summed E-state index contributed by atoms with van der Waals surface area (Å²) in [4.78, 5) is 22.7. The van der Waals surface area contributed by atoms with Crippen molar-refractivity contribution in [1.82, 2.24) is 0 Å². The number of hydrogen-bond acceptors (Lipinski definition) is 15. The average molecular weight is 1050 g/mol. The summed E-state index contributed by atoms with van der Waals surface area (Å²) < 4.78 is 5.68. The largest absolute Gasteiger partial charge is 0.508 e. The first-order valence-electron chi connectivity index (χ1n) is 24.0. The Hall–Kier alpha value is -9.74. The van der Waals surface area contributed by atoms with Crippen LogP contribution in [0.3, 0.4) is 0 Å². The van der Waals surface area contributed by atoms with Gasteiger partial charge in [-0.2, -0.15) is 0 Å². The van der Waals surface area contributed by atoms with Crippen LogP contribution in [0.4, 0.5) is 0 Å². The van der Waals surface area contributed by atoms with Crippen LogP contribution in [0.2, 0.25) is 0 Å². The molecule has 17 heteroatoms. The van der Waals surface area contributed by atoms with Crippen LogP contribution in [-0.2, 0) is 35.3 Å². The van der Waals surface area contributed by atoms with E-state index < -0.39 is 23.8 Å². The third kappa shape index (κ3) is 16.4. The van der Waals surface area contributed by atoms with Crippen molar-refractivity contribution < 1.29 is 85.8 Å². The van der Waals surface area contributed by atoms with Crippen molar-refractivity contribution in [2.45, 2.75) is 49.4 Å². The quantitative estimate of drug-likeness (QED) is 0.0511. The zero-order valence-electron chi connectivity index (χ0n) is 41.2. The van der Waals surface area contributed by atoms with Gasteiger partial charge in [0.05, 0.1) is 25.0 Å². The van der Waals surface area contributed by atoms with Gasteiger partial charge >= 0.3 is 11.9 Å². The molecule has 0 saturated carbocycles. The van der Waals surface area contributed by atoms with E-state index in [0.717, 1.165) is 28.9 Å². The van der Waals surface area contributed by atoms with Gasteiger partial charge in [-0.3, -0.25) is 9.59 Å². The molecule has 0 radical (unpaired) electrons. The summed E-state index contributed by atoms with van der Waals surface area (Å²) >= 11 is 0. The van der Waals surface area contributed by atoms with E-state index in [2.05, 4.69) is 0 Å². The Kier molecular flexibility index (Phi) is 19.4. The Bertz CT molecular complexity index is 3100. The summed E-state index contributed by atoms with van der Waals surface area (Å²) in [5, 5.41) is 131. The number of hydrogen-bond donors (Lipinski definition) is 14. The summed E-state index contributed by atoms with van der Waals surface area (Å²) in [6, 6.07) is 43.4. The van der Waals surface area contributed by atoms with Crippen LogP contribution in [0.15, 0.2) is 170 Å². The van der Waals surface area contributed by atoms with Crippen LogP contribution in [0.25, 0.3) is 0 Å². The predicted octanol–water partition coefficient (Wildman–Crippen LogP) is 9.37. The lowest BCUT2D eigenvalue weighted by molar-refractivity contribution is -0.139. The number of aliphatic carboxylic acids is 2. The first-order valence-corrected chi connectivity index (χ1v) is 24.0. The molecule has 1 aliphatic heterocycles. The third-order valence-corrected chi connectivity index (χ3v) is 12.6. The number of benzene rings is 8. The maximum absolute atomic E-state index is 11.4. The molecule has 0 bridgehead atoms. The highest BCUT2D eigenvalue weighted by molar-refractivity contribution is 5.77. The maximum atomic E-state index is 11.4. The Morgan fingerprint density at radius 2 is 0.753 bits per heavy atom. The average Bonchev–Trinajstić information content (AvgIpc) is 3.40. The fraction of sp³-hybridized carbons (Fsp3) is 0.167. The van der Waals surface area contributed by atoms with Gasteiger partial charge in [0.2, 0.25) is 0 Å². The topological polar surface area (TPSA) is 327 Å². The second-order valence-corrected chi connectivity index (χ2v) is 18.1. The summed E-state index contributed by atoms with van der Waals surface area (Å²) in [6.07, 6.45) is 1.52. The number of aliphatic hydroxyl groups is 1. The van der Waals surface area contributed by atoms with Gasteiger partial charge in [-0.15, -0.1) is 0 Å². The lowest BCUT2D eigenvalue weighted by Crippen LogP contribution is -2.18. The molecule has 0 amide bonds. The maximum Gasteiger partial charge on any atom is 0.311 e. The van der Waals surface area contributed by atoms with Crippen LogP contribution < -0.4 is 4.74 Å². The van der Waals surface area contributed by atoms with Gasteiger partial charge in [0.15, 0.2) is 0 Å². The molecule has 0 aromatic heterocycles. The first kappa shape index (κ1) is 56.6. The fourth-order valence-corrected chi connectivity index (χ4v) is 8.34. The van der Waals surface area contributed by atoms with Crippen LogP contribution in [0.5, 0.6) is 69.0 Å². The zero-order valence-corrected chi connectivity index (χ0v) is 41.2. The van der Waals surface area contributed by atoms with Gasteiger partial charge in [-0.05, 0) is 143 Å². The number of carbonyl (C=O) groups is 2. The van der Waals surface area contributed by atoms with Crippen molar-refractivity contribution in [3.8, 4) is 69.0 Å². The van der Waals surface area contributed by atoms with E-state index >= 15 is 0 Å². The second-order valence-electron chi connectivity index (χ2n) is 18.1. The molecule has 77 heavy (non-hydrogen) atoms. The molecular formula is C60H58O17. The van der Waals surface area contributed by atoms with E-state index in [4.69, 9.17) is 4.74 Å². The number of ether oxygens (including phenoxy) is 1. The Balaban J connectivity index is 0.000000166. The number of aromatic hydroxyl groups is 11. The molecule has 0 spiro atoms. The van der Waals surface area contributed by atoms with Gasteiger partial charge in [-0.25, -0.2) is 0 Å². The van der Waals surface area contributed by atoms with Crippen LogP contribution in [0, 0.1) is 0 Å². The number of carboxylic acid groups (broad SMARTS) is 2. The normalized spacial score (nSPS) is 13.4. The van der Waals surface area contributed by atoms with Crippen molar-refractivity contribution in [2.75, 3.05) is 13.2 Å². The van der Waals surface area contributed by atoms with E-state index in [-0.39, 0.29) is 88.6 Å². The van der Waals surface area contributed by atoms with E-state index in [1.165, 1.54) is 97.1 Å². The first-order chi connectivity index (χ1) is 36.8. The van der Waals surface area contributed by atoms with Gasteiger partial charge < -0.3 is 76.2 Å². The van der Waals surface area contributed by atoms with Crippen LogP contribution in [-0.4, -0.2) is 96.6 Å². The zero-order chi connectivity index (χ0) is 55.8.